The van der Waals surface area contributed by atoms with Crippen LogP contribution in [0.5, 0.6) is 5.75 Å². The molecular formula is C41H46N2O7. The van der Waals surface area contributed by atoms with Gasteiger partial charge in [-0.15, -0.1) is 0 Å². The fourth-order valence-corrected chi connectivity index (χ4v) is 5.80. The van der Waals surface area contributed by atoms with Crippen molar-refractivity contribution in [2.75, 3.05) is 13.2 Å². The number of carbonyl (C=O) groups excluding carboxylic acids is 3. The molecule has 0 fully saturated rings. The van der Waals surface area contributed by atoms with E-state index >= 15 is 0 Å². The molecule has 0 saturated carbocycles. The fourth-order valence-electron chi connectivity index (χ4n) is 5.80. The number of fused-ring (bicyclic) bond motifs is 3. The van der Waals surface area contributed by atoms with Crippen LogP contribution in [0.25, 0.3) is 11.1 Å². The van der Waals surface area contributed by atoms with Crippen LogP contribution in [0.4, 0.5) is 9.59 Å². The average molecular weight is 679 g/mol. The van der Waals surface area contributed by atoms with E-state index in [0.29, 0.717) is 38.2 Å². The molecule has 1 aliphatic carbocycles. The van der Waals surface area contributed by atoms with E-state index in [2.05, 4.69) is 34.9 Å². The molecule has 262 valence electrons. The largest absolute Gasteiger partial charge is 0.489 e. The smallest absolute Gasteiger partial charge is 0.407 e. The maximum absolute atomic E-state index is 13.3. The molecule has 9 nitrogen and oxygen atoms in total. The summed E-state index contributed by atoms with van der Waals surface area (Å²) in [5.41, 5.74) is 6.91. The van der Waals surface area contributed by atoms with E-state index in [1.807, 2.05) is 79.7 Å². The Kier molecular flexibility index (Phi) is 12.1. The highest BCUT2D eigenvalue weighted by Gasteiger charge is 2.30. The normalized spacial score (nSPS) is 12.6. The second kappa shape index (κ2) is 16.9. The summed E-state index contributed by atoms with van der Waals surface area (Å²) in [5, 5.41) is 5.46. The molecule has 0 unspecified atom stereocenters. The molecule has 0 aromatic heterocycles. The summed E-state index contributed by atoms with van der Waals surface area (Å²) >= 11 is 0. The van der Waals surface area contributed by atoms with Crippen LogP contribution >= 0.6 is 0 Å². The second-order valence-corrected chi connectivity index (χ2v) is 13.5. The van der Waals surface area contributed by atoms with Crippen LogP contribution in [0.3, 0.4) is 0 Å². The Hall–Kier alpha value is -5.31. The molecule has 5 rings (SSSR count). The molecule has 4 aromatic carbocycles. The maximum Gasteiger partial charge on any atom is 0.407 e. The minimum Gasteiger partial charge on any atom is -0.489 e. The molecule has 2 N–H and O–H groups in total. The molecule has 50 heavy (non-hydrogen) atoms. The van der Waals surface area contributed by atoms with Gasteiger partial charge in [-0.2, -0.15) is 0 Å². The summed E-state index contributed by atoms with van der Waals surface area (Å²) in [6.07, 6.45) is 0.198. The zero-order chi connectivity index (χ0) is 35.5. The fraction of sp³-hybridized carbons (Fsp3) is 0.341. The van der Waals surface area contributed by atoms with E-state index in [0.717, 1.165) is 33.4 Å². The summed E-state index contributed by atoms with van der Waals surface area (Å²) in [4.78, 5) is 38.4. The van der Waals surface area contributed by atoms with Crippen molar-refractivity contribution in [3.8, 4) is 16.9 Å². The number of rotatable bonds is 14. The molecule has 0 saturated heterocycles. The topological polar surface area (TPSA) is 112 Å². The van der Waals surface area contributed by atoms with Gasteiger partial charge in [-0.25, -0.2) is 14.4 Å². The van der Waals surface area contributed by atoms with Gasteiger partial charge in [0.25, 0.3) is 0 Å². The lowest BCUT2D eigenvalue weighted by atomic mass is 9.98. The average Bonchev–Trinajstić information content (AvgIpc) is 3.42. The first kappa shape index (κ1) is 36.0. The second-order valence-electron chi connectivity index (χ2n) is 13.5. The Labute approximate surface area is 294 Å². The molecule has 0 heterocycles. The third-order valence-corrected chi connectivity index (χ3v) is 8.34. The van der Waals surface area contributed by atoms with Gasteiger partial charge in [0.15, 0.2) is 0 Å². The van der Waals surface area contributed by atoms with Crippen molar-refractivity contribution in [1.29, 1.82) is 0 Å². The van der Waals surface area contributed by atoms with Gasteiger partial charge in [0.05, 0.1) is 0 Å². The summed E-state index contributed by atoms with van der Waals surface area (Å²) in [6, 6.07) is 30.8. The Morgan fingerprint density at radius 1 is 0.720 bits per heavy atom. The monoisotopic (exact) mass is 678 g/mol. The van der Waals surface area contributed by atoms with E-state index in [1.165, 1.54) is 5.56 Å². The highest BCUT2D eigenvalue weighted by Crippen LogP contribution is 2.44. The van der Waals surface area contributed by atoms with Crippen LogP contribution in [0.1, 0.15) is 73.8 Å². The van der Waals surface area contributed by atoms with Crippen molar-refractivity contribution < 1.29 is 33.3 Å². The summed E-state index contributed by atoms with van der Waals surface area (Å²) < 4.78 is 22.5. The lowest BCUT2D eigenvalue weighted by Gasteiger charge is -2.20. The number of aryl methyl sites for hydroxylation is 1. The third-order valence-electron chi connectivity index (χ3n) is 8.34. The first-order chi connectivity index (χ1) is 24.1. The number of benzene rings is 4. The highest BCUT2D eigenvalue weighted by molar-refractivity contribution is 5.82. The first-order valence-electron chi connectivity index (χ1n) is 17.1. The van der Waals surface area contributed by atoms with Crippen molar-refractivity contribution in [1.82, 2.24) is 10.6 Å². The number of carbonyl (C=O) groups is 3. The predicted octanol–water partition coefficient (Wildman–Crippen LogP) is 8.22. The number of ether oxygens (including phenoxy) is 4. The Balaban J connectivity index is 1.15. The van der Waals surface area contributed by atoms with Gasteiger partial charge in [-0.3, -0.25) is 0 Å². The summed E-state index contributed by atoms with van der Waals surface area (Å²) in [5.74, 6) is 0.0232. The number of hydrogen-bond acceptors (Lipinski definition) is 7. The van der Waals surface area contributed by atoms with Gasteiger partial charge in [0.1, 0.15) is 37.2 Å². The highest BCUT2D eigenvalue weighted by atomic mass is 16.6. The molecule has 1 atom stereocenters. The van der Waals surface area contributed by atoms with Crippen molar-refractivity contribution in [2.24, 2.45) is 0 Å². The molecule has 9 heteroatoms. The first-order valence-corrected chi connectivity index (χ1v) is 17.1. The van der Waals surface area contributed by atoms with Crippen molar-refractivity contribution in [3.63, 3.8) is 0 Å². The van der Waals surface area contributed by atoms with Crippen LogP contribution in [0, 0.1) is 6.92 Å². The van der Waals surface area contributed by atoms with Gasteiger partial charge < -0.3 is 29.6 Å². The van der Waals surface area contributed by atoms with Gasteiger partial charge in [0, 0.05) is 12.5 Å². The number of alkyl carbamates (subject to hydrolysis) is 2. The van der Waals surface area contributed by atoms with E-state index < -0.39 is 29.8 Å². The Morgan fingerprint density at radius 3 is 1.96 bits per heavy atom. The van der Waals surface area contributed by atoms with Crippen LogP contribution in [0.15, 0.2) is 97.1 Å². The molecule has 0 bridgehead atoms. The van der Waals surface area contributed by atoms with E-state index in [4.69, 9.17) is 18.9 Å². The van der Waals surface area contributed by atoms with Crippen LogP contribution in [-0.4, -0.2) is 43.0 Å². The number of unbranched alkanes of at least 4 members (excludes halogenated alkanes) is 1. The summed E-state index contributed by atoms with van der Waals surface area (Å²) in [6.45, 7) is 8.40. The van der Waals surface area contributed by atoms with Gasteiger partial charge in [0.2, 0.25) is 0 Å². The lowest BCUT2D eigenvalue weighted by molar-refractivity contribution is -0.147. The van der Waals surface area contributed by atoms with E-state index in [1.54, 1.807) is 20.8 Å². The minimum absolute atomic E-state index is 0.0279. The number of hydrogen-bond donors (Lipinski definition) is 2. The number of amides is 2. The molecule has 1 aliphatic rings. The van der Waals surface area contributed by atoms with E-state index in [-0.39, 0.29) is 19.1 Å². The number of nitrogens with one attached hydrogen (secondary N) is 2. The molecule has 2 amide bonds. The van der Waals surface area contributed by atoms with Crippen molar-refractivity contribution in [3.05, 3.63) is 125 Å². The van der Waals surface area contributed by atoms with E-state index in [9.17, 15) is 14.4 Å². The lowest BCUT2D eigenvalue weighted by Crippen LogP contribution is -2.42. The Morgan fingerprint density at radius 2 is 1.32 bits per heavy atom. The predicted molar refractivity (Wildman–Crippen MR) is 192 cm³/mol. The SMILES string of the molecule is Cc1ccc(COc2ccc(COC(=O)[C@H](CCCCNC(=O)OC(C)(C)C)NC(=O)OCC3c4ccccc4-c4ccccc43)cc2)cc1. The van der Waals surface area contributed by atoms with Crippen molar-refractivity contribution >= 4 is 18.2 Å². The molecular weight excluding hydrogens is 632 g/mol. The molecule has 0 radical (unpaired) electrons. The molecule has 0 aliphatic heterocycles. The quantitative estimate of drug-likeness (QED) is 0.0785. The van der Waals surface area contributed by atoms with Gasteiger partial charge in [-0.1, -0.05) is 90.5 Å². The molecule has 0 spiro atoms. The minimum atomic E-state index is -0.940. The number of esters is 1. The zero-order valence-corrected chi connectivity index (χ0v) is 29.2. The maximum atomic E-state index is 13.3. The Bertz CT molecular complexity index is 1700. The third kappa shape index (κ3) is 10.3. The van der Waals surface area contributed by atoms with Gasteiger partial charge in [-0.05, 0) is 92.5 Å². The van der Waals surface area contributed by atoms with Crippen LogP contribution in [0.2, 0.25) is 0 Å². The standard InChI is InChI=1S/C41H46N2O7/c1-28-16-18-29(19-17-28)25-47-31-22-20-30(21-23-31)26-48-38(44)37(15-9-10-24-42-39(45)50-41(2,3)4)43-40(46)49-27-36-34-13-7-5-11-32(34)33-12-6-8-14-35(33)36/h5-8,11-14,16-23,36-37H,9-10,15,24-27H2,1-4H3,(H,42,45)(H,43,46)/t37-/m0/s1. The zero-order valence-electron chi connectivity index (χ0n) is 29.2. The van der Waals surface area contributed by atoms with Crippen LogP contribution < -0.4 is 15.4 Å². The van der Waals surface area contributed by atoms with Gasteiger partial charge >= 0.3 is 18.2 Å². The molecule has 4 aromatic rings. The summed E-state index contributed by atoms with van der Waals surface area (Å²) in [7, 11) is 0. The van der Waals surface area contributed by atoms with Crippen LogP contribution in [-0.2, 0) is 32.2 Å². The van der Waals surface area contributed by atoms with Crippen molar-refractivity contribution in [2.45, 2.75) is 77.7 Å².